The molecule has 1 aromatic rings. The van der Waals surface area contributed by atoms with Crippen molar-refractivity contribution in [2.75, 3.05) is 14.2 Å². The number of hydrogen-bond donors (Lipinski definition) is 0. The molecule has 2 atom stereocenters. The number of methoxy groups -OCH3 is 2. The van der Waals surface area contributed by atoms with Crippen molar-refractivity contribution in [2.24, 2.45) is 0 Å². The molecule has 3 aliphatic carbocycles. The van der Waals surface area contributed by atoms with Crippen LogP contribution in [0.2, 0.25) is 0 Å². The highest BCUT2D eigenvalue weighted by molar-refractivity contribution is 7.61. The molecule has 0 aliphatic heterocycles. The van der Waals surface area contributed by atoms with E-state index in [1.54, 1.807) is 0 Å². The minimum Gasteiger partial charge on any atom is -0.500 e. The van der Waals surface area contributed by atoms with Crippen molar-refractivity contribution in [2.45, 2.75) is 86.8 Å². The summed E-state index contributed by atoms with van der Waals surface area (Å²) in [5, 5.41) is -0.263. The molecule has 0 bridgehead atoms. The molecule has 0 aromatic heterocycles. The summed E-state index contributed by atoms with van der Waals surface area (Å²) >= 11 is 0. The van der Waals surface area contributed by atoms with Crippen LogP contribution in [0.3, 0.4) is 0 Å². The van der Waals surface area contributed by atoms with Gasteiger partial charge in [-0.25, -0.2) is 0 Å². The molecule has 4 rings (SSSR count). The molecule has 0 spiro atoms. The van der Waals surface area contributed by atoms with Gasteiger partial charge in [-0.1, -0.05) is 82.9 Å². The van der Waals surface area contributed by atoms with Crippen LogP contribution >= 0.6 is 7.92 Å². The molecule has 158 valence electrons. The van der Waals surface area contributed by atoms with Gasteiger partial charge in [-0.3, -0.25) is 0 Å². The van der Waals surface area contributed by atoms with E-state index in [0.29, 0.717) is 0 Å². The van der Waals surface area contributed by atoms with E-state index in [-0.39, 0.29) is 19.2 Å². The molecule has 2 unspecified atom stereocenters. The summed E-state index contributed by atoms with van der Waals surface area (Å²) in [4.78, 5) is 0. The number of allylic oxidation sites excluding steroid dienone is 2. The Morgan fingerprint density at radius 1 is 0.828 bits per heavy atom. The summed E-state index contributed by atoms with van der Waals surface area (Å²) in [6.45, 7) is 0. The first-order valence-corrected chi connectivity index (χ1v) is 13.1. The van der Waals surface area contributed by atoms with Crippen LogP contribution < -0.4 is 0 Å². The number of hydrogen-bond acceptors (Lipinski definition) is 2. The Balaban J connectivity index is 1.81. The van der Waals surface area contributed by atoms with Gasteiger partial charge in [-0.05, 0) is 54.7 Å². The molecule has 2 nitrogen and oxygen atoms in total. The SMILES string of the molecule is COC1=CC=CC(OC)(P(C2CCCCC2)C2CCCCC2)C1c1ccccc1. The lowest BCUT2D eigenvalue weighted by Crippen LogP contribution is -2.43. The van der Waals surface area contributed by atoms with Crippen LogP contribution in [-0.2, 0) is 9.47 Å². The first-order chi connectivity index (χ1) is 14.3. The maximum Gasteiger partial charge on any atom is 0.119 e. The normalized spacial score (nSPS) is 29.1. The van der Waals surface area contributed by atoms with Crippen molar-refractivity contribution < 1.29 is 9.47 Å². The Bertz CT molecular complexity index is 683. The lowest BCUT2D eigenvalue weighted by atomic mass is 9.87. The van der Waals surface area contributed by atoms with Gasteiger partial charge in [-0.15, -0.1) is 0 Å². The fourth-order valence-electron chi connectivity index (χ4n) is 6.03. The fourth-order valence-corrected chi connectivity index (χ4v) is 10.6. The van der Waals surface area contributed by atoms with Crippen LogP contribution in [0.1, 0.15) is 75.7 Å². The Hall–Kier alpha value is -1.11. The first kappa shape index (κ1) is 21.1. The second-order valence-corrected chi connectivity index (χ2v) is 11.9. The van der Waals surface area contributed by atoms with Gasteiger partial charge in [0.05, 0.1) is 13.0 Å². The zero-order valence-corrected chi connectivity index (χ0v) is 19.1. The third-order valence-corrected chi connectivity index (χ3v) is 11.3. The van der Waals surface area contributed by atoms with Crippen LogP contribution in [0.5, 0.6) is 0 Å². The van der Waals surface area contributed by atoms with Gasteiger partial charge in [0.1, 0.15) is 11.1 Å². The van der Waals surface area contributed by atoms with Crippen molar-refractivity contribution in [3.63, 3.8) is 0 Å². The molecule has 0 amide bonds. The Morgan fingerprint density at radius 2 is 1.41 bits per heavy atom. The van der Waals surface area contributed by atoms with Crippen molar-refractivity contribution in [3.8, 4) is 0 Å². The molecule has 0 radical (unpaired) electrons. The molecular weight excluding hydrogens is 375 g/mol. The van der Waals surface area contributed by atoms with Crippen LogP contribution in [0.15, 0.2) is 54.3 Å². The van der Waals surface area contributed by atoms with Gasteiger partial charge >= 0.3 is 0 Å². The number of rotatable bonds is 6. The molecule has 0 saturated heterocycles. The van der Waals surface area contributed by atoms with E-state index in [1.807, 2.05) is 14.2 Å². The predicted octanol–water partition coefficient (Wildman–Crippen LogP) is 7.36. The minimum atomic E-state index is -0.325. The lowest BCUT2D eigenvalue weighted by Gasteiger charge is -2.52. The van der Waals surface area contributed by atoms with Crippen molar-refractivity contribution in [1.29, 1.82) is 0 Å². The molecular formula is C26H37O2P. The summed E-state index contributed by atoms with van der Waals surface area (Å²) in [7, 11) is 3.46. The first-order valence-electron chi connectivity index (χ1n) is 11.6. The maximum absolute atomic E-state index is 6.67. The monoisotopic (exact) mass is 412 g/mol. The van der Waals surface area contributed by atoms with Gasteiger partial charge in [-0.2, -0.15) is 0 Å². The van der Waals surface area contributed by atoms with E-state index in [1.165, 1.54) is 69.8 Å². The number of benzene rings is 1. The number of ether oxygens (including phenoxy) is 2. The molecule has 3 heteroatoms. The minimum absolute atomic E-state index is 0.152. The van der Waals surface area contributed by atoms with E-state index < -0.39 is 0 Å². The maximum atomic E-state index is 6.67. The van der Waals surface area contributed by atoms with E-state index in [4.69, 9.17) is 9.47 Å². The average Bonchev–Trinajstić information content (AvgIpc) is 2.81. The summed E-state index contributed by atoms with van der Waals surface area (Å²) in [6.07, 6.45) is 20.7. The standard InChI is InChI=1S/C26H37O2P/c1-27-24-19-12-20-26(28-2,25(24)21-13-6-3-7-14-21)29(22-15-8-4-9-16-22)23-17-10-5-11-18-23/h3,6-7,12-14,19-20,22-23,25H,4-5,8-11,15-18H2,1-2H3. The van der Waals surface area contributed by atoms with Crippen LogP contribution in [0.25, 0.3) is 0 Å². The van der Waals surface area contributed by atoms with E-state index in [2.05, 4.69) is 48.6 Å². The fraction of sp³-hybridized carbons (Fsp3) is 0.615. The average molecular weight is 413 g/mol. The van der Waals surface area contributed by atoms with Gasteiger partial charge in [0.25, 0.3) is 0 Å². The topological polar surface area (TPSA) is 18.5 Å². The molecule has 0 heterocycles. The third kappa shape index (κ3) is 4.21. The highest BCUT2D eigenvalue weighted by atomic mass is 31.1. The van der Waals surface area contributed by atoms with Crippen LogP contribution in [0, 0.1) is 0 Å². The van der Waals surface area contributed by atoms with Gasteiger partial charge in [0.2, 0.25) is 0 Å². The Labute approximate surface area is 178 Å². The molecule has 29 heavy (non-hydrogen) atoms. The van der Waals surface area contributed by atoms with Crippen molar-refractivity contribution in [3.05, 3.63) is 59.9 Å². The van der Waals surface area contributed by atoms with E-state index >= 15 is 0 Å². The Kier molecular flexibility index (Phi) is 7.14. The quantitative estimate of drug-likeness (QED) is 0.454. The summed E-state index contributed by atoms with van der Waals surface area (Å²) < 4.78 is 12.6. The molecule has 0 N–H and O–H groups in total. The van der Waals surface area contributed by atoms with Gasteiger partial charge < -0.3 is 9.47 Å². The van der Waals surface area contributed by atoms with Crippen LogP contribution in [0.4, 0.5) is 0 Å². The zero-order valence-electron chi connectivity index (χ0n) is 18.2. The lowest BCUT2D eigenvalue weighted by molar-refractivity contribution is 0.0678. The molecule has 2 fully saturated rings. The summed E-state index contributed by atoms with van der Waals surface area (Å²) in [5.74, 6) is 1.21. The van der Waals surface area contributed by atoms with Gasteiger partial charge in [0, 0.05) is 7.11 Å². The van der Waals surface area contributed by atoms with Crippen molar-refractivity contribution in [1.82, 2.24) is 0 Å². The summed E-state index contributed by atoms with van der Waals surface area (Å²) in [6, 6.07) is 11.0. The second kappa shape index (κ2) is 9.80. The molecule has 1 aromatic carbocycles. The summed E-state index contributed by atoms with van der Waals surface area (Å²) in [5.41, 5.74) is 2.95. The molecule has 2 saturated carbocycles. The highest BCUT2D eigenvalue weighted by Gasteiger charge is 2.53. The Morgan fingerprint density at radius 3 is 1.93 bits per heavy atom. The largest absolute Gasteiger partial charge is 0.500 e. The van der Waals surface area contributed by atoms with Gasteiger partial charge in [0.15, 0.2) is 0 Å². The predicted molar refractivity (Wildman–Crippen MR) is 124 cm³/mol. The third-order valence-electron chi connectivity index (χ3n) is 7.33. The van der Waals surface area contributed by atoms with Crippen molar-refractivity contribution >= 4 is 7.92 Å². The second-order valence-electron chi connectivity index (χ2n) is 8.92. The van der Waals surface area contributed by atoms with E-state index in [9.17, 15) is 0 Å². The zero-order chi connectivity index (χ0) is 20.1. The smallest absolute Gasteiger partial charge is 0.119 e. The molecule has 3 aliphatic rings. The van der Waals surface area contributed by atoms with Crippen LogP contribution in [-0.4, -0.2) is 30.9 Å². The highest BCUT2D eigenvalue weighted by Crippen LogP contribution is 2.69. The van der Waals surface area contributed by atoms with E-state index in [0.717, 1.165) is 17.1 Å².